The number of Topliss-reactive ketones (excluding diaryl/α,β-unsaturated/α-hetero) is 1. The highest BCUT2D eigenvalue weighted by Crippen LogP contribution is 2.15. The summed E-state index contributed by atoms with van der Waals surface area (Å²) < 4.78 is 5.49. The van der Waals surface area contributed by atoms with Crippen LogP contribution in [0.25, 0.3) is 0 Å². The lowest BCUT2D eigenvalue weighted by atomic mass is 9.99. The van der Waals surface area contributed by atoms with Crippen LogP contribution in [0.5, 0.6) is 0 Å². The van der Waals surface area contributed by atoms with Crippen LogP contribution in [-0.4, -0.2) is 29.1 Å². The molecule has 0 aromatic heterocycles. The van der Waals surface area contributed by atoms with Crippen molar-refractivity contribution in [2.75, 3.05) is 6.61 Å². The monoisotopic (exact) mass is 230 g/mol. The minimum Gasteiger partial charge on any atom is -0.481 e. The third-order valence-corrected chi connectivity index (χ3v) is 2.40. The van der Waals surface area contributed by atoms with Crippen LogP contribution in [0.4, 0.5) is 0 Å². The predicted octanol–water partition coefficient (Wildman–Crippen LogP) is 2.26. The number of carboxylic acids is 1. The third-order valence-electron chi connectivity index (χ3n) is 2.40. The van der Waals surface area contributed by atoms with Gasteiger partial charge in [-0.15, -0.1) is 0 Å². The molecule has 0 amide bonds. The second-order valence-electron chi connectivity index (χ2n) is 4.86. The van der Waals surface area contributed by atoms with Crippen LogP contribution >= 0.6 is 0 Å². The number of aliphatic carboxylic acids is 1. The van der Waals surface area contributed by atoms with Crippen molar-refractivity contribution >= 4 is 11.8 Å². The van der Waals surface area contributed by atoms with E-state index in [0.717, 1.165) is 6.42 Å². The van der Waals surface area contributed by atoms with Gasteiger partial charge in [-0.25, -0.2) is 0 Å². The summed E-state index contributed by atoms with van der Waals surface area (Å²) in [4.78, 5) is 22.0. The van der Waals surface area contributed by atoms with Crippen molar-refractivity contribution in [2.45, 2.75) is 52.6 Å². The molecule has 0 aliphatic rings. The first-order chi connectivity index (χ1) is 7.25. The molecule has 94 valence electrons. The fraction of sp³-hybridized carbons (Fsp3) is 0.833. The topological polar surface area (TPSA) is 63.6 Å². The van der Waals surface area contributed by atoms with Gasteiger partial charge >= 0.3 is 5.97 Å². The van der Waals surface area contributed by atoms with E-state index in [2.05, 4.69) is 13.8 Å². The van der Waals surface area contributed by atoms with Crippen LogP contribution in [0.2, 0.25) is 0 Å². The molecule has 0 aliphatic heterocycles. The molecule has 0 radical (unpaired) electrons. The van der Waals surface area contributed by atoms with E-state index in [1.807, 2.05) is 0 Å². The zero-order valence-electron chi connectivity index (χ0n) is 10.6. The van der Waals surface area contributed by atoms with Gasteiger partial charge in [0.2, 0.25) is 0 Å². The zero-order valence-corrected chi connectivity index (χ0v) is 10.6. The lowest BCUT2D eigenvalue weighted by molar-refractivity contribution is -0.145. The Bertz CT molecular complexity index is 243. The summed E-state index contributed by atoms with van der Waals surface area (Å²) in [6.07, 6.45) is 0.801. The van der Waals surface area contributed by atoms with Gasteiger partial charge in [-0.3, -0.25) is 9.59 Å². The molecule has 0 atom stereocenters. The Morgan fingerprint density at radius 1 is 1.25 bits per heavy atom. The maximum absolute atomic E-state index is 11.7. The van der Waals surface area contributed by atoms with Crippen LogP contribution in [0.1, 0.15) is 47.0 Å². The van der Waals surface area contributed by atoms with E-state index in [1.165, 1.54) is 0 Å². The lowest BCUT2D eigenvalue weighted by Crippen LogP contribution is -2.35. The van der Waals surface area contributed by atoms with Crippen LogP contribution in [0.15, 0.2) is 0 Å². The van der Waals surface area contributed by atoms with Crippen molar-refractivity contribution in [2.24, 2.45) is 5.92 Å². The Morgan fingerprint density at radius 3 is 2.25 bits per heavy atom. The molecule has 4 nitrogen and oxygen atoms in total. The van der Waals surface area contributed by atoms with E-state index in [4.69, 9.17) is 9.84 Å². The van der Waals surface area contributed by atoms with E-state index in [1.54, 1.807) is 13.8 Å². The summed E-state index contributed by atoms with van der Waals surface area (Å²) >= 11 is 0. The number of rotatable bonds is 8. The molecule has 4 heteroatoms. The van der Waals surface area contributed by atoms with Crippen molar-refractivity contribution in [1.29, 1.82) is 0 Å². The average Bonchev–Trinajstić information content (AvgIpc) is 2.12. The van der Waals surface area contributed by atoms with Gasteiger partial charge in [0.1, 0.15) is 5.60 Å². The first kappa shape index (κ1) is 15.1. The normalized spacial score (nSPS) is 11.8. The standard InChI is InChI=1S/C12H22O4/c1-9(2)7-8-16-12(3,4)10(13)5-6-11(14)15/h9H,5-8H2,1-4H3,(H,14,15). The molecule has 0 saturated heterocycles. The molecule has 0 aromatic rings. The number of ketones is 1. The van der Waals surface area contributed by atoms with Crippen LogP contribution in [0.3, 0.4) is 0 Å². The van der Waals surface area contributed by atoms with Gasteiger partial charge in [-0.2, -0.15) is 0 Å². The molecule has 0 rings (SSSR count). The quantitative estimate of drug-likeness (QED) is 0.694. The SMILES string of the molecule is CC(C)CCOC(C)(C)C(=O)CCC(=O)O. The fourth-order valence-electron chi connectivity index (χ4n) is 1.15. The molecule has 0 saturated carbocycles. The summed E-state index contributed by atoms with van der Waals surface area (Å²) in [5.74, 6) is -0.574. The number of hydrogen-bond donors (Lipinski definition) is 1. The van der Waals surface area contributed by atoms with Gasteiger partial charge in [0.15, 0.2) is 5.78 Å². The van der Waals surface area contributed by atoms with E-state index in [0.29, 0.717) is 12.5 Å². The molecule has 16 heavy (non-hydrogen) atoms. The molecule has 0 spiro atoms. The smallest absolute Gasteiger partial charge is 0.303 e. The van der Waals surface area contributed by atoms with Gasteiger partial charge < -0.3 is 9.84 Å². The number of carbonyl (C=O) groups is 2. The lowest BCUT2D eigenvalue weighted by Gasteiger charge is -2.24. The Labute approximate surface area is 97.0 Å². The van der Waals surface area contributed by atoms with Crippen molar-refractivity contribution in [3.05, 3.63) is 0 Å². The highest BCUT2D eigenvalue weighted by molar-refractivity contribution is 5.88. The third kappa shape index (κ3) is 6.56. The molecule has 0 aliphatic carbocycles. The maximum atomic E-state index is 11.7. The average molecular weight is 230 g/mol. The minimum absolute atomic E-state index is 0.0318. The molecule has 0 fully saturated rings. The summed E-state index contributed by atoms with van der Waals surface area (Å²) in [7, 11) is 0. The molecule has 0 unspecified atom stereocenters. The van der Waals surface area contributed by atoms with Crippen LogP contribution in [0, 0.1) is 5.92 Å². The van der Waals surface area contributed by atoms with Gasteiger partial charge in [0, 0.05) is 13.0 Å². The van der Waals surface area contributed by atoms with E-state index >= 15 is 0 Å². The Kier molecular flexibility index (Phi) is 6.26. The first-order valence-corrected chi connectivity index (χ1v) is 5.64. The van der Waals surface area contributed by atoms with Gasteiger partial charge in [0.05, 0.1) is 6.42 Å². The number of ether oxygens (including phenoxy) is 1. The number of hydrogen-bond acceptors (Lipinski definition) is 3. The zero-order chi connectivity index (χ0) is 12.8. The summed E-state index contributed by atoms with van der Waals surface area (Å²) in [5, 5.41) is 8.48. The maximum Gasteiger partial charge on any atom is 0.303 e. The Hall–Kier alpha value is -0.900. The molecule has 0 heterocycles. The fourth-order valence-corrected chi connectivity index (χ4v) is 1.15. The van der Waals surface area contributed by atoms with E-state index < -0.39 is 11.6 Å². The predicted molar refractivity (Wildman–Crippen MR) is 61.4 cm³/mol. The second kappa shape index (κ2) is 6.63. The largest absolute Gasteiger partial charge is 0.481 e. The molecule has 0 bridgehead atoms. The summed E-state index contributed by atoms with van der Waals surface area (Å²) in [6.45, 7) is 8.09. The minimum atomic E-state index is -0.952. The summed E-state index contributed by atoms with van der Waals surface area (Å²) in [6, 6.07) is 0. The van der Waals surface area contributed by atoms with Crippen LogP contribution in [-0.2, 0) is 14.3 Å². The van der Waals surface area contributed by atoms with Crippen LogP contribution < -0.4 is 0 Å². The first-order valence-electron chi connectivity index (χ1n) is 5.64. The van der Waals surface area contributed by atoms with Crippen molar-refractivity contribution in [3.8, 4) is 0 Å². The summed E-state index contributed by atoms with van der Waals surface area (Å²) in [5.41, 5.74) is -0.871. The number of carboxylic acid groups (broad SMARTS) is 1. The van der Waals surface area contributed by atoms with E-state index in [9.17, 15) is 9.59 Å². The number of carbonyl (C=O) groups excluding carboxylic acids is 1. The van der Waals surface area contributed by atoms with Gasteiger partial charge in [-0.05, 0) is 26.2 Å². The molecule has 1 N–H and O–H groups in total. The Morgan fingerprint density at radius 2 is 1.81 bits per heavy atom. The molecular weight excluding hydrogens is 208 g/mol. The van der Waals surface area contributed by atoms with Gasteiger partial charge in [-0.1, -0.05) is 13.8 Å². The highest BCUT2D eigenvalue weighted by atomic mass is 16.5. The van der Waals surface area contributed by atoms with E-state index in [-0.39, 0.29) is 18.6 Å². The molecule has 0 aromatic carbocycles. The van der Waals surface area contributed by atoms with Crippen molar-refractivity contribution < 1.29 is 19.4 Å². The molecular formula is C12H22O4. The highest BCUT2D eigenvalue weighted by Gasteiger charge is 2.28. The van der Waals surface area contributed by atoms with Gasteiger partial charge in [0.25, 0.3) is 0 Å². The van der Waals surface area contributed by atoms with Crippen molar-refractivity contribution in [3.63, 3.8) is 0 Å². The van der Waals surface area contributed by atoms with Crippen molar-refractivity contribution in [1.82, 2.24) is 0 Å². The Balaban J connectivity index is 4.00. The second-order valence-corrected chi connectivity index (χ2v) is 4.86.